The fraction of sp³-hybridized carbons (Fsp3) is 0.267. The van der Waals surface area contributed by atoms with Crippen molar-refractivity contribution in [1.82, 2.24) is 14.9 Å². The lowest BCUT2D eigenvalue weighted by Gasteiger charge is -2.29. The van der Waals surface area contributed by atoms with Crippen molar-refractivity contribution >= 4 is 38.7 Å². The molecule has 10 heteroatoms. The fourth-order valence-corrected chi connectivity index (χ4v) is 6.40. The highest BCUT2D eigenvalue weighted by Crippen LogP contribution is 2.45. The van der Waals surface area contributed by atoms with E-state index in [-0.39, 0.29) is 12.1 Å². The first-order valence-electron chi connectivity index (χ1n) is 12.9. The van der Waals surface area contributed by atoms with Crippen LogP contribution >= 0.6 is 12.2 Å². The number of anilines is 2. The summed E-state index contributed by atoms with van der Waals surface area (Å²) in [5, 5.41) is 4.02. The molecule has 2 atom stereocenters. The maximum Gasteiger partial charge on any atom is 0.229 e. The molecule has 2 aromatic heterocycles. The molecule has 0 radical (unpaired) electrons. The number of aromatic nitrogens is 2. The number of aryl methyl sites for hydroxylation is 3. The quantitative estimate of drug-likeness (QED) is 0.275. The summed E-state index contributed by atoms with van der Waals surface area (Å²) in [5.74, 6) is 0.415. The Labute approximate surface area is 241 Å². The van der Waals surface area contributed by atoms with Crippen LogP contribution in [0.4, 0.5) is 11.4 Å². The number of sulfonamides is 1. The largest absolute Gasteiger partial charge is 0.495 e. The molecule has 4 aromatic rings. The average Bonchev–Trinajstić information content (AvgIpc) is 3.40. The van der Waals surface area contributed by atoms with Crippen molar-refractivity contribution in [2.45, 2.75) is 39.8 Å². The van der Waals surface area contributed by atoms with Crippen LogP contribution in [0, 0.1) is 27.7 Å². The van der Waals surface area contributed by atoms with Crippen molar-refractivity contribution < 1.29 is 13.2 Å². The van der Waals surface area contributed by atoms with Crippen molar-refractivity contribution in [3.8, 4) is 11.4 Å². The third-order valence-corrected chi connectivity index (χ3v) is 8.15. The Morgan fingerprint density at radius 3 is 2.48 bits per heavy atom. The summed E-state index contributed by atoms with van der Waals surface area (Å²) in [7, 11) is -2.03. The predicted molar refractivity (Wildman–Crippen MR) is 164 cm³/mol. The molecule has 2 N–H and O–H groups in total. The van der Waals surface area contributed by atoms with E-state index in [0.717, 1.165) is 40.3 Å². The van der Waals surface area contributed by atoms with Gasteiger partial charge in [0.05, 0.1) is 36.8 Å². The van der Waals surface area contributed by atoms with Crippen LogP contribution in [0.3, 0.4) is 0 Å². The zero-order valence-corrected chi connectivity index (χ0v) is 25.0. The van der Waals surface area contributed by atoms with Gasteiger partial charge in [-0.2, -0.15) is 0 Å². The molecule has 1 fully saturated rings. The van der Waals surface area contributed by atoms with Gasteiger partial charge in [-0.3, -0.25) is 9.71 Å². The van der Waals surface area contributed by atoms with E-state index >= 15 is 0 Å². The van der Waals surface area contributed by atoms with Crippen LogP contribution in [0.15, 0.2) is 66.9 Å². The Bertz CT molecular complexity index is 1700. The third kappa shape index (κ3) is 5.16. The zero-order valence-electron chi connectivity index (χ0n) is 23.4. The van der Waals surface area contributed by atoms with Gasteiger partial charge in [0, 0.05) is 29.0 Å². The van der Waals surface area contributed by atoms with Crippen LogP contribution in [0.1, 0.15) is 45.9 Å². The van der Waals surface area contributed by atoms with E-state index in [9.17, 15) is 8.42 Å². The van der Waals surface area contributed by atoms with Crippen LogP contribution in [0.25, 0.3) is 5.69 Å². The molecule has 1 saturated heterocycles. The van der Waals surface area contributed by atoms with E-state index in [1.165, 1.54) is 18.2 Å². The monoisotopic (exact) mass is 575 g/mol. The molecule has 0 saturated carbocycles. The van der Waals surface area contributed by atoms with E-state index in [0.29, 0.717) is 16.5 Å². The fourth-order valence-electron chi connectivity index (χ4n) is 5.49. The minimum Gasteiger partial charge on any atom is -0.495 e. The Morgan fingerprint density at radius 2 is 1.80 bits per heavy atom. The lowest BCUT2D eigenvalue weighted by atomic mass is 9.96. The summed E-state index contributed by atoms with van der Waals surface area (Å²) in [6.07, 6.45) is 2.89. The van der Waals surface area contributed by atoms with Gasteiger partial charge in [-0.05, 0) is 99.1 Å². The maximum absolute atomic E-state index is 12.1. The van der Waals surface area contributed by atoms with Gasteiger partial charge < -0.3 is 19.5 Å². The molecular weight excluding hydrogens is 542 g/mol. The Morgan fingerprint density at radius 1 is 1.02 bits per heavy atom. The van der Waals surface area contributed by atoms with Crippen molar-refractivity contribution in [2.24, 2.45) is 0 Å². The van der Waals surface area contributed by atoms with E-state index in [4.69, 9.17) is 17.0 Å². The average molecular weight is 576 g/mol. The van der Waals surface area contributed by atoms with E-state index in [1.54, 1.807) is 18.3 Å². The number of hydrogen-bond donors (Lipinski definition) is 2. The van der Waals surface area contributed by atoms with E-state index < -0.39 is 10.0 Å². The summed E-state index contributed by atoms with van der Waals surface area (Å²) >= 11 is 5.92. The van der Waals surface area contributed by atoms with Crippen LogP contribution in [0.5, 0.6) is 5.75 Å². The molecule has 0 unspecified atom stereocenters. The second kappa shape index (κ2) is 10.6. The van der Waals surface area contributed by atoms with Crippen LogP contribution in [0.2, 0.25) is 0 Å². The number of methoxy groups -OCH3 is 1. The molecule has 1 aliphatic heterocycles. The van der Waals surface area contributed by atoms with Crippen LogP contribution in [-0.4, -0.2) is 36.4 Å². The summed E-state index contributed by atoms with van der Waals surface area (Å²) < 4.78 is 34.6. The number of nitrogens with one attached hydrogen (secondary N) is 2. The van der Waals surface area contributed by atoms with Crippen LogP contribution in [-0.2, 0) is 10.0 Å². The van der Waals surface area contributed by atoms with Gasteiger partial charge in [0.15, 0.2) is 5.11 Å². The van der Waals surface area contributed by atoms with Gasteiger partial charge in [0.1, 0.15) is 5.75 Å². The zero-order chi connectivity index (χ0) is 28.8. The minimum atomic E-state index is -3.54. The second-order valence-corrected chi connectivity index (χ2v) is 12.3. The summed E-state index contributed by atoms with van der Waals surface area (Å²) in [6, 6.07) is 19.4. The van der Waals surface area contributed by atoms with Crippen molar-refractivity contribution in [2.75, 3.05) is 23.0 Å². The third-order valence-electron chi connectivity index (χ3n) is 7.25. The number of benzene rings is 2. The van der Waals surface area contributed by atoms with Gasteiger partial charge in [0.2, 0.25) is 10.0 Å². The van der Waals surface area contributed by atoms with Crippen molar-refractivity contribution in [3.63, 3.8) is 0 Å². The molecule has 0 spiro atoms. The molecule has 8 nitrogen and oxygen atoms in total. The Hall–Kier alpha value is -3.89. The van der Waals surface area contributed by atoms with Gasteiger partial charge >= 0.3 is 0 Å². The Kier molecular flexibility index (Phi) is 7.32. The Balaban J connectivity index is 1.70. The standard InChI is InChI=1S/C30H33N5O3S2/c1-18-10-11-19(2)26(15-18)34-20(3)16-23(21(34)4)29-28(24-9-7-8-14-31-24)32-30(39)35(29)22-12-13-27(38-5)25(17-22)33-40(6,36)37/h7-17,28-29,33H,1-6H3,(H,32,39)/t28-,29-/m1/s1. The molecule has 0 aliphatic carbocycles. The topological polar surface area (TPSA) is 88.5 Å². The number of hydrogen-bond acceptors (Lipinski definition) is 5. The normalized spacial score (nSPS) is 17.1. The lowest BCUT2D eigenvalue weighted by molar-refractivity contribution is 0.417. The smallest absolute Gasteiger partial charge is 0.229 e. The molecular formula is C30H33N5O3S2. The lowest BCUT2D eigenvalue weighted by Crippen LogP contribution is -2.29. The van der Waals surface area contributed by atoms with Crippen molar-refractivity contribution in [1.29, 1.82) is 0 Å². The van der Waals surface area contributed by atoms with E-state index in [2.05, 4.69) is 71.6 Å². The summed E-state index contributed by atoms with van der Waals surface area (Å²) in [4.78, 5) is 6.71. The first-order valence-corrected chi connectivity index (χ1v) is 15.2. The minimum absolute atomic E-state index is 0.241. The first kappa shape index (κ1) is 27.7. The molecule has 5 rings (SSSR count). The van der Waals surface area contributed by atoms with Gasteiger partial charge in [-0.1, -0.05) is 18.2 Å². The molecule has 40 heavy (non-hydrogen) atoms. The number of thiocarbonyl (C=S) groups is 1. The van der Waals surface area contributed by atoms with Crippen LogP contribution < -0.4 is 19.7 Å². The number of pyridine rings is 1. The van der Waals surface area contributed by atoms with Crippen molar-refractivity contribution in [3.05, 3.63) is 101 Å². The SMILES string of the molecule is COc1ccc(N2C(=S)N[C@H](c3ccccn3)[C@H]2c2cc(C)n(-c3cc(C)ccc3C)c2C)cc1NS(C)(=O)=O. The summed E-state index contributed by atoms with van der Waals surface area (Å²) in [5.41, 5.74) is 8.73. The molecule has 2 aromatic carbocycles. The second-order valence-electron chi connectivity index (χ2n) is 10.2. The molecule has 3 heterocycles. The molecule has 0 amide bonds. The highest BCUT2D eigenvalue weighted by atomic mass is 32.2. The predicted octanol–water partition coefficient (Wildman–Crippen LogP) is 5.66. The molecule has 1 aliphatic rings. The number of rotatable bonds is 7. The highest BCUT2D eigenvalue weighted by molar-refractivity contribution is 7.92. The first-order chi connectivity index (χ1) is 19.0. The van der Waals surface area contributed by atoms with Gasteiger partial charge in [-0.25, -0.2) is 8.42 Å². The number of ether oxygens (including phenoxy) is 1. The number of nitrogens with zero attached hydrogens (tertiary/aromatic N) is 3. The van der Waals surface area contributed by atoms with E-state index in [1.807, 2.05) is 29.2 Å². The highest BCUT2D eigenvalue weighted by Gasteiger charge is 2.42. The molecule has 0 bridgehead atoms. The molecule has 208 valence electrons. The van der Waals surface area contributed by atoms with Gasteiger partial charge in [-0.15, -0.1) is 0 Å². The summed E-state index contributed by atoms with van der Waals surface area (Å²) in [6.45, 7) is 8.46. The van der Waals surface area contributed by atoms with Gasteiger partial charge in [0.25, 0.3) is 0 Å². The maximum atomic E-state index is 12.1.